The van der Waals surface area contributed by atoms with Crippen molar-refractivity contribution >= 4 is 37.2 Å². The van der Waals surface area contributed by atoms with Crippen LogP contribution in [-0.4, -0.2) is 20.9 Å². The summed E-state index contributed by atoms with van der Waals surface area (Å²) < 4.78 is 36.0. The highest BCUT2D eigenvalue weighted by Gasteiger charge is 2.22. The van der Waals surface area contributed by atoms with Crippen LogP contribution in [0.25, 0.3) is 0 Å². The van der Waals surface area contributed by atoms with Crippen molar-refractivity contribution in [3.05, 3.63) is 28.5 Å². The average Bonchev–Trinajstić information content (AvgIpc) is 2.30. The van der Waals surface area contributed by atoms with E-state index in [0.29, 0.717) is 12.5 Å². The number of benzene rings is 1. The summed E-state index contributed by atoms with van der Waals surface area (Å²) in [7, 11) is 0.846. The molecule has 1 aliphatic carbocycles. The lowest BCUT2D eigenvalue weighted by molar-refractivity contribution is 0.0949. The fourth-order valence-electron chi connectivity index (χ4n) is 2.16. The number of carbonyl (C=O) groups excluding carboxylic acids is 1. The first kappa shape index (κ1) is 16.5. The topological polar surface area (TPSA) is 63.2 Å². The van der Waals surface area contributed by atoms with Gasteiger partial charge < -0.3 is 5.32 Å². The lowest BCUT2D eigenvalue weighted by Gasteiger charge is -2.25. The first-order valence-corrected chi connectivity index (χ1v) is 9.19. The van der Waals surface area contributed by atoms with Crippen LogP contribution in [-0.2, 0) is 9.05 Å². The summed E-state index contributed by atoms with van der Waals surface area (Å²) in [6.07, 6.45) is 4.42. The van der Waals surface area contributed by atoms with E-state index in [9.17, 15) is 17.6 Å². The summed E-state index contributed by atoms with van der Waals surface area (Å²) in [5.41, 5.74) is -0.106. The van der Waals surface area contributed by atoms with Gasteiger partial charge in [0.1, 0.15) is 10.7 Å². The molecular formula is C13H14Cl2FNO3S. The third kappa shape index (κ3) is 4.08. The zero-order valence-electron chi connectivity index (χ0n) is 11.0. The summed E-state index contributed by atoms with van der Waals surface area (Å²) in [4.78, 5) is 11.2. The molecule has 0 spiro atoms. The van der Waals surface area contributed by atoms with Crippen molar-refractivity contribution in [3.63, 3.8) is 0 Å². The Morgan fingerprint density at radius 2 is 2.05 bits per heavy atom. The molecule has 0 saturated heterocycles. The van der Waals surface area contributed by atoms with Gasteiger partial charge in [0.05, 0.1) is 10.6 Å². The number of carbonyl (C=O) groups is 1. The molecule has 1 amide bonds. The summed E-state index contributed by atoms with van der Waals surface area (Å²) in [6.45, 7) is 0.472. The van der Waals surface area contributed by atoms with Gasteiger partial charge in [-0.05, 0) is 24.5 Å². The fourth-order valence-corrected chi connectivity index (χ4v) is 3.30. The van der Waals surface area contributed by atoms with E-state index >= 15 is 0 Å². The molecular weight excluding hydrogens is 340 g/mol. The van der Waals surface area contributed by atoms with E-state index in [-0.39, 0.29) is 10.6 Å². The quantitative estimate of drug-likeness (QED) is 0.825. The van der Waals surface area contributed by atoms with Crippen LogP contribution in [0.4, 0.5) is 4.39 Å². The molecule has 1 aliphatic rings. The molecule has 0 atom stereocenters. The highest BCUT2D eigenvalue weighted by Crippen LogP contribution is 2.29. The molecule has 0 unspecified atom stereocenters. The monoisotopic (exact) mass is 353 g/mol. The maximum Gasteiger partial charge on any atom is 0.264 e. The van der Waals surface area contributed by atoms with E-state index in [1.54, 1.807) is 0 Å². The molecule has 1 N–H and O–H groups in total. The molecule has 0 aromatic heterocycles. The lowest BCUT2D eigenvalue weighted by Crippen LogP contribution is -2.27. The number of nitrogens with one attached hydrogen (secondary N) is 1. The second-order valence-electron chi connectivity index (χ2n) is 5.04. The minimum absolute atomic E-state index is 0.106. The Labute approximate surface area is 132 Å². The molecule has 116 valence electrons. The molecule has 0 heterocycles. The van der Waals surface area contributed by atoms with Crippen LogP contribution in [0.1, 0.15) is 36.0 Å². The zero-order chi connectivity index (χ0) is 15.6. The molecule has 21 heavy (non-hydrogen) atoms. The van der Waals surface area contributed by atoms with E-state index in [2.05, 4.69) is 5.32 Å². The van der Waals surface area contributed by atoms with Gasteiger partial charge >= 0.3 is 0 Å². The van der Waals surface area contributed by atoms with Crippen LogP contribution in [0.3, 0.4) is 0 Å². The summed E-state index contributed by atoms with van der Waals surface area (Å²) in [5, 5.41) is 2.50. The van der Waals surface area contributed by atoms with Gasteiger partial charge in [0, 0.05) is 17.2 Å². The van der Waals surface area contributed by atoms with Crippen molar-refractivity contribution in [2.75, 3.05) is 6.54 Å². The average molecular weight is 354 g/mol. The second-order valence-corrected chi connectivity index (χ2v) is 7.98. The Morgan fingerprint density at radius 3 is 2.57 bits per heavy atom. The molecule has 2 rings (SSSR count). The number of halogens is 3. The highest BCUT2D eigenvalue weighted by atomic mass is 35.7. The van der Waals surface area contributed by atoms with E-state index < -0.39 is 25.7 Å². The summed E-state index contributed by atoms with van der Waals surface area (Å²) in [6, 6.07) is 1.64. The van der Waals surface area contributed by atoms with Crippen molar-refractivity contribution in [3.8, 4) is 0 Å². The molecule has 4 nitrogen and oxygen atoms in total. The first-order valence-electron chi connectivity index (χ1n) is 6.51. The first-order chi connectivity index (χ1) is 9.79. The van der Waals surface area contributed by atoms with Gasteiger partial charge in [0.2, 0.25) is 0 Å². The smallest absolute Gasteiger partial charge is 0.264 e. The van der Waals surface area contributed by atoms with Crippen molar-refractivity contribution in [2.45, 2.75) is 30.6 Å². The SMILES string of the molecule is O=C(NCCC1CCC1)c1cc(S(=O)(=O)Cl)c(F)cc1Cl. The molecule has 1 saturated carbocycles. The van der Waals surface area contributed by atoms with Gasteiger partial charge in [0.15, 0.2) is 0 Å². The Hall–Kier alpha value is -0.850. The molecule has 1 fully saturated rings. The van der Waals surface area contributed by atoms with Crippen molar-refractivity contribution in [2.24, 2.45) is 5.92 Å². The predicted octanol–water partition coefficient (Wildman–Crippen LogP) is 3.33. The molecule has 1 aromatic carbocycles. The van der Waals surface area contributed by atoms with E-state index in [0.717, 1.165) is 18.6 Å². The third-order valence-electron chi connectivity index (χ3n) is 3.59. The number of hydrogen-bond donors (Lipinski definition) is 1. The van der Waals surface area contributed by atoms with Gasteiger partial charge in [-0.1, -0.05) is 30.9 Å². The lowest BCUT2D eigenvalue weighted by atomic mass is 9.83. The summed E-state index contributed by atoms with van der Waals surface area (Å²) >= 11 is 5.79. The van der Waals surface area contributed by atoms with Crippen molar-refractivity contribution in [1.29, 1.82) is 0 Å². The van der Waals surface area contributed by atoms with Crippen LogP contribution in [0, 0.1) is 11.7 Å². The van der Waals surface area contributed by atoms with Gasteiger partial charge in [-0.2, -0.15) is 0 Å². The maximum atomic E-state index is 13.5. The van der Waals surface area contributed by atoms with Crippen LogP contribution >= 0.6 is 22.3 Å². The van der Waals surface area contributed by atoms with Gasteiger partial charge in [0.25, 0.3) is 15.0 Å². The van der Waals surface area contributed by atoms with E-state index in [1.165, 1.54) is 19.3 Å². The van der Waals surface area contributed by atoms with Gasteiger partial charge in [-0.3, -0.25) is 4.79 Å². The fraction of sp³-hybridized carbons (Fsp3) is 0.462. The van der Waals surface area contributed by atoms with Crippen LogP contribution < -0.4 is 5.32 Å². The Kier molecular flexibility index (Phi) is 5.11. The van der Waals surface area contributed by atoms with Crippen molar-refractivity contribution in [1.82, 2.24) is 5.32 Å². The molecule has 0 bridgehead atoms. The Bertz CT molecular complexity index is 660. The largest absolute Gasteiger partial charge is 0.352 e. The molecule has 1 aromatic rings. The molecule has 0 aliphatic heterocycles. The van der Waals surface area contributed by atoms with E-state index in [1.807, 2.05) is 0 Å². The minimum Gasteiger partial charge on any atom is -0.352 e. The van der Waals surface area contributed by atoms with Gasteiger partial charge in [-0.15, -0.1) is 0 Å². The maximum absolute atomic E-state index is 13.5. The van der Waals surface area contributed by atoms with Crippen LogP contribution in [0.5, 0.6) is 0 Å². The predicted molar refractivity (Wildman–Crippen MR) is 78.7 cm³/mol. The number of rotatable bonds is 5. The standard InChI is InChI=1S/C13H14Cl2FNO3S/c14-10-7-11(16)12(21(15,19)20)6-9(10)13(18)17-5-4-8-2-1-3-8/h6-8H,1-5H2,(H,17,18). The van der Waals surface area contributed by atoms with Gasteiger partial charge in [-0.25, -0.2) is 12.8 Å². The van der Waals surface area contributed by atoms with Crippen LogP contribution in [0.2, 0.25) is 5.02 Å². The molecule has 8 heteroatoms. The minimum atomic E-state index is -4.28. The normalized spacial score (nSPS) is 15.6. The Morgan fingerprint density at radius 1 is 1.38 bits per heavy atom. The Balaban J connectivity index is 2.12. The molecule has 0 radical (unpaired) electrons. The third-order valence-corrected chi connectivity index (χ3v) is 5.24. The summed E-state index contributed by atoms with van der Waals surface area (Å²) in [5.74, 6) is -0.991. The second kappa shape index (κ2) is 6.50. The van der Waals surface area contributed by atoms with Crippen LogP contribution in [0.15, 0.2) is 17.0 Å². The van der Waals surface area contributed by atoms with E-state index in [4.69, 9.17) is 22.3 Å². The number of amides is 1. The zero-order valence-corrected chi connectivity index (χ0v) is 13.4. The highest BCUT2D eigenvalue weighted by molar-refractivity contribution is 8.13. The van der Waals surface area contributed by atoms with Crippen molar-refractivity contribution < 1.29 is 17.6 Å². The number of hydrogen-bond acceptors (Lipinski definition) is 3.